The zero-order valence-electron chi connectivity index (χ0n) is 12.1. The summed E-state index contributed by atoms with van der Waals surface area (Å²) in [5.74, 6) is -0.480. The molecule has 0 aromatic carbocycles. The second-order valence-electron chi connectivity index (χ2n) is 5.42. The summed E-state index contributed by atoms with van der Waals surface area (Å²) in [7, 11) is 0. The van der Waals surface area contributed by atoms with Crippen molar-refractivity contribution in [2.24, 2.45) is 0 Å². The van der Waals surface area contributed by atoms with Crippen LogP contribution in [0.3, 0.4) is 0 Å². The Morgan fingerprint density at radius 3 is 2.62 bits per heavy atom. The van der Waals surface area contributed by atoms with Crippen molar-refractivity contribution in [1.29, 1.82) is 0 Å². The Labute approximate surface area is 144 Å². The summed E-state index contributed by atoms with van der Waals surface area (Å²) >= 11 is 11.6. The van der Waals surface area contributed by atoms with E-state index in [9.17, 15) is 18.0 Å². The maximum Gasteiger partial charge on any atom is 0.435 e. The first kappa shape index (κ1) is 17.0. The molecule has 0 atom stereocenters. The molecule has 0 radical (unpaired) electrons. The predicted octanol–water partition coefficient (Wildman–Crippen LogP) is 4.12. The van der Waals surface area contributed by atoms with Crippen molar-refractivity contribution < 1.29 is 18.0 Å². The van der Waals surface area contributed by atoms with Gasteiger partial charge in [0.2, 0.25) is 5.91 Å². The zero-order chi connectivity index (χ0) is 17.5. The van der Waals surface area contributed by atoms with Gasteiger partial charge >= 0.3 is 6.18 Å². The Morgan fingerprint density at radius 2 is 2.04 bits per heavy atom. The summed E-state index contributed by atoms with van der Waals surface area (Å²) in [5, 5.41) is 6.39. The average molecular weight is 379 g/mol. The van der Waals surface area contributed by atoms with E-state index in [-0.39, 0.29) is 23.3 Å². The molecule has 1 amide bonds. The van der Waals surface area contributed by atoms with Crippen LogP contribution in [0, 0.1) is 0 Å². The molecular formula is C14H11Cl2F3N4O. The van der Waals surface area contributed by atoms with E-state index in [4.69, 9.17) is 23.2 Å². The number of carbonyl (C=O) groups is 1. The fourth-order valence-corrected chi connectivity index (χ4v) is 2.65. The highest BCUT2D eigenvalue weighted by atomic mass is 35.5. The van der Waals surface area contributed by atoms with Gasteiger partial charge in [0, 0.05) is 17.8 Å². The van der Waals surface area contributed by atoms with Gasteiger partial charge in [-0.2, -0.15) is 18.3 Å². The molecule has 0 bridgehead atoms. The molecule has 10 heteroatoms. The number of carbonyl (C=O) groups excluding carboxylic acids is 1. The number of pyridine rings is 1. The van der Waals surface area contributed by atoms with Gasteiger partial charge in [-0.05, 0) is 25.0 Å². The van der Waals surface area contributed by atoms with Gasteiger partial charge in [0.1, 0.15) is 6.54 Å². The molecule has 1 saturated carbocycles. The Kier molecular flexibility index (Phi) is 4.44. The minimum Gasteiger partial charge on any atom is -0.308 e. The fraction of sp³-hybridized carbons (Fsp3) is 0.357. The lowest BCUT2D eigenvalue weighted by molar-refractivity contribution is -0.141. The van der Waals surface area contributed by atoms with E-state index in [0.29, 0.717) is 10.7 Å². The number of anilines is 1. The van der Waals surface area contributed by atoms with E-state index in [0.717, 1.165) is 23.6 Å². The van der Waals surface area contributed by atoms with Crippen LogP contribution in [-0.4, -0.2) is 20.7 Å². The number of rotatable bonds is 4. The first-order valence-electron chi connectivity index (χ1n) is 7.00. The van der Waals surface area contributed by atoms with Crippen molar-refractivity contribution in [1.82, 2.24) is 14.8 Å². The molecule has 0 aliphatic heterocycles. The lowest BCUT2D eigenvalue weighted by atomic mass is 10.2. The number of nitrogens with zero attached hydrogens (tertiary/aromatic N) is 3. The van der Waals surface area contributed by atoms with E-state index in [2.05, 4.69) is 15.4 Å². The molecule has 5 nitrogen and oxygen atoms in total. The lowest BCUT2D eigenvalue weighted by Crippen LogP contribution is -2.22. The maximum absolute atomic E-state index is 12.8. The van der Waals surface area contributed by atoms with Crippen molar-refractivity contribution in [2.75, 3.05) is 5.32 Å². The molecule has 0 saturated heterocycles. The van der Waals surface area contributed by atoms with Crippen molar-refractivity contribution in [2.45, 2.75) is 31.5 Å². The molecule has 1 N–H and O–H groups in total. The third-order valence-corrected chi connectivity index (χ3v) is 3.95. The third kappa shape index (κ3) is 3.81. The number of nitrogens with one attached hydrogen (secondary N) is 1. The molecule has 24 heavy (non-hydrogen) atoms. The summed E-state index contributed by atoms with van der Waals surface area (Å²) in [6.07, 6.45) is -1.68. The van der Waals surface area contributed by atoms with E-state index < -0.39 is 17.8 Å². The highest BCUT2D eigenvalue weighted by molar-refractivity contribution is 6.36. The second-order valence-corrected chi connectivity index (χ2v) is 6.26. The molecule has 1 aliphatic rings. The SMILES string of the molecule is O=C(Cn1nc(C(F)(F)F)cc1C1CC1)Nc1ncc(Cl)cc1Cl. The molecule has 2 heterocycles. The molecule has 0 unspecified atom stereocenters. The van der Waals surface area contributed by atoms with Crippen molar-refractivity contribution >= 4 is 34.9 Å². The molecule has 1 fully saturated rings. The van der Waals surface area contributed by atoms with E-state index in [1.807, 2.05) is 0 Å². The van der Waals surface area contributed by atoms with Gasteiger partial charge in [-0.1, -0.05) is 23.2 Å². The Balaban J connectivity index is 1.77. The monoisotopic (exact) mass is 378 g/mol. The number of aromatic nitrogens is 3. The van der Waals surface area contributed by atoms with Crippen LogP contribution in [0.1, 0.15) is 30.1 Å². The number of hydrogen-bond acceptors (Lipinski definition) is 3. The number of halogens is 5. The van der Waals surface area contributed by atoms with Crippen molar-refractivity contribution in [3.05, 3.63) is 39.8 Å². The van der Waals surface area contributed by atoms with Crippen LogP contribution < -0.4 is 5.32 Å². The molecule has 2 aromatic heterocycles. The predicted molar refractivity (Wildman–Crippen MR) is 82.1 cm³/mol. The smallest absolute Gasteiger partial charge is 0.308 e. The second kappa shape index (κ2) is 6.25. The molecule has 128 valence electrons. The van der Waals surface area contributed by atoms with Gasteiger partial charge in [0.05, 0.1) is 10.0 Å². The average Bonchev–Trinajstić information content (AvgIpc) is 3.22. The summed E-state index contributed by atoms with van der Waals surface area (Å²) in [6.45, 7) is -0.359. The van der Waals surface area contributed by atoms with Gasteiger partial charge in [-0.3, -0.25) is 9.48 Å². The number of amides is 1. The Bertz CT molecular complexity index is 787. The van der Waals surface area contributed by atoms with Gasteiger partial charge in [0.25, 0.3) is 0 Å². The highest BCUT2D eigenvalue weighted by Crippen LogP contribution is 2.42. The van der Waals surface area contributed by atoms with Crippen LogP contribution in [0.5, 0.6) is 0 Å². The standard InChI is InChI=1S/C14H11Cl2F3N4O/c15-8-3-9(16)13(20-5-8)21-12(24)6-23-10(7-1-2-7)4-11(22-23)14(17,18)19/h3-5,7H,1-2,6H2,(H,20,21,24). The number of hydrogen-bond donors (Lipinski definition) is 1. The minimum absolute atomic E-state index is 0.0126. The van der Waals surface area contributed by atoms with Crippen LogP contribution in [0.25, 0.3) is 0 Å². The molecule has 1 aliphatic carbocycles. The Hall–Kier alpha value is -1.80. The third-order valence-electron chi connectivity index (χ3n) is 3.46. The molecule has 3 rings (SSSR count). The summed E-state index contributed by atoms with van der Waals surface area (Å²) in [4.78, 5) is 16.0. The first-order chi connectivity index (χ1) is 11.2. The summed E-state index contributed by atoms with van der Waals surface area (Å²) < 4.78 is 39.6. The largest absolute Gasteiger partial charge is 0.435 e. The van der Waals surface area contributed by atoms with Crippen LogP contribution in [0.15, 0.2) is 18.3 Å². The van der Waals surface area contributed by atoms with E-state index >= 15 is 0 Å². The molecular weight excluding hydrogens is 368 g/mol. The normalized spacial score (nSPS) is 14.7. The lowest BCUT2D eigenvalue weighted by Gasteiger charge is -2.09. The van der Waals surface area contributed by atoms with Crippen LogP contribution >= 0.6 is 23.2 Å². The van der Waals surface area contributed by atoms with E-state index in [1.54, 1.807) is 0 Å². The first-order valence-corrected chi connectivity index (χ1v) is 7.75. The zero-order valence-corrected chi connectivity index (χ0v) is 13.6. The van der Waals surface area contributed by atoms with Gasteiger partial charge in [-0.15, -0.1) is 0 Å². The van der Waals surface area contributed by atoms with Gasteiger partial charge in [-0.25, -0.2) is 4.98 Å². The fourth-order valence-electron chi connectivity index (χ4n) is 2.22. The van der Waals surface area contributed by atoms with Crippen molar-refractivity contribution in [3.63, 3.8) is 0 Å². The van der Waals surface area contributed by atoms with Crippen molar-refractivity contribution in [3.8, 4) is 0 Å². The highest BCUT2D eigenvalue weighted by Gasteiger charge is 2.38. The summed E-state index contributed by atoms with van der Waals surface area (Å²) in [6, 6.07) is 2.40. The van der Waals surface area contributed by atoms with Crippen LogP contribution in [-0.2, 0) is 17.5 Å². The molecule has 0 spiro atoms. The van der Waals surface area contributed by atoms with E-state index in [1.165, 1.54) is 12.3 Å². The van der Waals surface area contributed by atoms with Crippen LogP contribution in [0.2, 0.25) is 10.0 Å². The maximum atomic E-state index is 12.8. The van der Waals surface area contributed by atoms with Gasteiger partial charge < -0.3 is 5.32 Å². The minimum atomic E-state index is -4.55. The van der Waals surface area contributed by atoms with Gasteiger partial charge in [0.15, 0.2) is 11.5 Å². The quantitative estimate of drug-likeness (QED) is 0.870. The van der Waals surface area contributed by atoms with Crippen LogP contribution in [0.4, 0.5) is 19.0 Å². The topological polar surface area (TPSA) is 59.8 Å². The Morgan fingerprint density at radius 1 is 1.33 bits per heavy atom. The number of alkyl halides is 3. The summed E-state index contributed by atoms with van der Waals surface area (Å²) in [5.41, 5.74) is -0.590. The molecule has 2 aromatic rings.